The number of alkyl halides is 3. The van der Waals surface area contributed by atoms with Crippen LogP contribution in [0.2, 0.25) is 0 Å². The summed E-state index contributed by atoms with van der Waals surface area (Å²) < 4.78 is 45.6. The smallest absolute Gasteiger partial charge is 0.446 e. The first-order valence-corrected chi connectivity index (χ1v) is 14.0. The molecule has 0 unspecified atom stereocenters. The molecular weight excluding hydrogens is 555 g/mol. The van der Waals surface area contributed by atoms with Gasteiger partial charge in [0.1, 0.15) is 5.65 Å². The van der Waals surface area contributed by atoms with Crippen molar-refractivity contribution in [1.29, 1.82) is 0 Å². The first kappa shape index (κ1) is 30.4. The molecule has 0 radical (unpaired) electrons. The van der Waals surface area contributed by atoms with Crippen molar-refractivity contribution in [3.8, 4) is 16.9 Å². The molecule has 0 amide bonds. The molecule has 12 heteroatoms. The van der Waals surface area contributed by atoms with Crippen molar-refractivity contribution in [2.24, 2.45) is 5.73 Å². The van der Waals surface area contributed by atoms with Crippen LogP contribution in [0.5, 0.6) is 0 Å². The van der Waals surface area contributed by atoms with Crippen LogP contribution in [0.3, 0.4) is 0 Å². The third-order valence-electron chi connectivity index (χ3n) is 6.42. The number of methoxy groups -OCH3 is 1. The lowest BCUT2D eigenvalue weighted by atomic mass is 10.0. The van der Waals surface area contributed by atoms with Crippen LogP contribution in [0.1, 0.15) is 37.3 Å². The number of hydrogen-bond acceptors (Lipinski definition) is 7. The molecule has 0 aliphatic carbocycles. The summed E-state index contributed by atoms with van der Waals surface area (Å²) in [6, 6.07) is 14.0. The Morgan fingerprint density at radius 3 is 2.61 bits per heavy atom. The largest absolute Gasteiger partial charge is 0.469 e. The summed E-state index contributed by atoms with van der Waals surface area (Å²) in [6.45, 7) is 2.93. The highest BCUT2D eigenvalue weighted by Gasteiger charge is 2.29. The average molecular weight is 588 g/mol. The van der Waals surface area contributed by atoms with Gasteiger partial charge in [-0.05, 0) is 91.0 Å². The van der Waals surface area contributed by atoms with Crippen LogP contribution in [-0.4, -0.2) is 45.7 Å². The highest BCUT2D eigenvalue weighted by Crippen LogP contribution is 2.39. The number of aryl methyl sites for hydroxylation is 1. The van der Waals surface area contributed by atoms with Gasteiger partial charge in [-0.2, -0.15) is 18.2 Å². The van der Waals surface area contributed by atoms with Crippen LogP contribution < -0.4 is 16.7 Å². The summed E-state index contributed by atoms with van der Waals surface area (Å²) in [4.78, 5) is 31.4. The zero-order valence-corrected chi connectivity index (χ0v) is 23.6. The van der Waals surface area contributed by atoms with Crippen molar-refractivity contribution in [3.05, 3.63) is 76.3 Å². The quantitative estimate of drug-likeness (QED) is 0.117. The van der Waals surface area contributed by atoms with Gasteiger partial charge in [0, 0.05) is 41.3 Å². The number of hydrogen-bond donors (Lipinski definition) is 3. The van der Waals surface area contributed by atoms with Crippen molar-refractivity contribution in [2.75, 3.05) is 13.7 Å². The SMILES string of the molecule is COC(=O)CCNCc1ccc(-n2cc3cc(-c4cc(CCC[C@H](C)N)cc(SC(F)(F)F)c4)[nH]c3nc2=O)cc1. The van der Waals surface area contributed by atoms with Gasteiger partial charge in [-0.25, -0.2) is 4.79 Å². The summed E-state index contributed by atoms with van der Waals surface area (Å²) in [6.07, 6.45) is 4.05. The minimum Gasteiger partial charge on any atom is -0.469 e. The molecule has 4 aromatic rings. The highest BCUT2D eigenvalue weighted by molar-refractivity contribution is 8.00. The number of carbonyl (C=O) groups excluding carboxylic acids is 1. The van der Waals surface area contributed by atoms with E-state index in [0.29, 0.717) is 47.5 Å². The van der Waals surface area contributed by atoms with E-state index in [1.54, 1.807) is 30.5 Å². The monoisotopic (exact) mass is 587 g/mol. The molecule has 4 N–H and O–H groups in total. The van der Waals surface area contributed by atoms with E-state index in [-0.39, 0.29) is 35.1 Å². The molecule has 4 rings (SSSR count). The van der Waals surface area contributed by atoms with E-state index in [4.69, 9.17) is 5.73 Å². The number of aromatic amines is 1. The number of fused-ring (bicyclic) bond motifs is 1. The molecule has 0 fully saturated rings. The molecule has 2 heterocycles. The fourth-order valence-electron chi connectivity index (χ4n) is 4.42. The Balaban J connectivity index is 1.57. The maximum atomic E-state index is 13.2. The van der Waals surface area contributed by atoms with Crippen LogP contribution in [0.25, 0.3) is 28.0 Å². The summed E-state index contributed by atoms with van der Waals surface area (Å²) in [7, 11) is 1.35. The maximum absolute atomic E-state index is 13.2. The summed E-state index contributed by atoms with van der Waals surface area (Å²) >= 11 is -0.151. The number of halogens is 3. The summed E-state index contributed by atoms with van der Waals surface area (Å²) in [5, 5.41) is 3.80. The van der Waals surface area contributed by atoms with Gasteiger partial charge in [0.25, 0.3) is 0 Å². The lowest BCUT2D eigenvalue weighted by Gasteiger charge is -2.11. The van der Waals surface area contributed by atoms with E-state index in [1.807, 2.05) is 25.1 Å². The number of rotatable bonds is 12. The van der Waals surface area contributed by atoms with E-state index in [0.717, 1.165) is 24.0 Å². The molecule has 41 heavy (non-hydrogen) atoms. The minimum atomic E-state index is -4.42. The van der Waals surface area contributed by atoms with Gasteiger partial charge < -0.3 is 20.8 Å². The molecule has 218 valence electrons. The van der Waals surface area contributed by atoms with Crippen LogP contribution in [0.4, 0.5) is 13.2 Å². The van der Waals surface area contributed by atoms with Crippen molar-refractivity contribution in [1.82, 2.24) is 19.9 Å². The second-order valence-corrected chi connectivity index (χ2v) is 11.0. The second-order valence-electron chi connectivity index (χ2n) is 9.83. The van der Waals surface area contributed by atoms with Crippen molar-refractivity contribution in [3.63, 3.8) is 0 Å². The fraction of sp³-hybridized carbons (Fsp3) is 0.345. The topological polar surface area (TPSA) is 115 Å². The molecule has 0 spiro atoms. The maximum Gasteiger partial charge on any atom is 0.446 e. The Bertz CT molecular complexity index is 1550. The van der Waals surface area contributed by atoms with E-state index >= 15 is 0 Å². The number of nitrogens with one attached hydrogen (secondary N) is 2. The first-order chi connectivity index (χ1) is 19.5. The molecule has 2 aromatic heterocycles. The van der Waals surface area contributed by atoms with E-state index in [9.17, 15) is 22.8 Å². The number of benzene rings is 2. The number of esters is 1. The number of carbonyl (C=O) groups is 1. The highest BCUT2D eigenvalue weighted by atomic mass is 32.2. The van der Waals surface area contributed by atoms with Crippen molar-refractivity contribution >= 4 is 28.8 Å². The second kappa shape index (κ2) is 13.4. The molecule has 0 aliphatic heterocycles. The van der Waals surface area contributed by atoms with Gasteiger partial charge in [-0.3, -0.25) is 9.36 Å². The summed E-state index contributed by atoms with van der Waals surface area (Å²) in [5.41, 5.74) is 4.79. The summed E-state index contributed by atoms with van der Waals surface area (Å²) in [5.74, 6) is -0.284. The molecule has 2 aromatic carbocycles. The van der Waals surface area contributed by atoms with Crippen LogP contribution >= 0.6 is 11.8 Å². The Kier molecular flexibility index (Phi) is 9.90. The van der Waals surface area contributed by atoms with E-state index < -0.39 is 11.2 Å². The van der Waals surface area contributed by atoms with Gasteiger partial charge in [0.15, 0.2) is 0 Å². The normalized spacial score (nSPS) is 12.5. The van der Waals surface area contributed by atoms with E-state index in [2.05, 4.69) is 20.0 Å². The molecule has 0 bridgehead atoms. The van der Waals surface area contributed by atoms with Gasteiger partial charge in [-0.15, -0.1) is 0 Å². The predicted octanol–water partition coefficient (Wildman–Crippen LogP) is 5.32. The number of H-pyrrole nitrogens is 1. The average Bonchev–Trinajstić information content (AvgIpc) is 3.32. The molecular formula is C29H32F3N5O3S. The van der Waals surface area contributed by atoms with Crippen LogP contribution in [-0.2, 0) is 22.5 Å². The zero-order chi connectivity index (χ0) is 29.6. The lowest BCUT2D eigenvalue weighted by Crippen LogP contribution is -2.21. The van der Waals surface area contributed by atoms with Crippen LogP contribution in [0.15, 0.2) is 64.4 Å². The standard InChI is InChI=1S/C29H32F3N5O3S/c1-18(33)4-3-5-20-12-21(14-24(13-20)41-29(30,31)32)25-15-22-17-37(28(39)36-27(22)35-25)23-8-6-19(7-9-23)16-34-11-10-26(38)40-2/h6-9,12-15,17-18,34H,3-5,10-11,16,33H2,1-2H3,(H,35,36,39)/t18-/m0/s1. The molecule has 0 saturated heterocycles. The van der Waals surface area contributed by atoms with Gasteiger partial charge in [0.2, 0.25) is 0 Å². The molecule has 0 saturated carbocycles. The van der Waals surface area contributed by atoms with Gasteiger partial charge >= 0.3 is 17.2 Å². The zero-order valence-electron chi connectivity index (χ0n) is 22.8. The van der Waals surface area contributed by atoms with Crippen molar-refractivity contribution < 1.29 is 22.7 Å². The minimum absolute atomic E-state index is 0.0147. The molecule has 0 aliphatic rings. The number of thioether (sulfide) groups is 1. The molecule has 1 atom stereocenters. The third kappa shape index (κ3) is 8.69. The van der Waals surface area contributed by atoms with E-state index in [1.165, 1.54) is 17.7 Å². The fourth-order valence-corrected chi connectivity index (χ4v) is 5.08. The Labute approximate surface area is 239 Å². The Morgan fingerprint density at radius 2 is 1.93 bits per heavy atom. The van der Waals surface area contributed by atoms with Crippen LogP contribution in [0, 0.1) is 0 Å². The third-order valence-corrected chi connectivity index (χ3v) is 7.12. The molecule has 8 nitrogen and oxygen atoms in total. The Morgan fingerprint density at radius 1 is 1.17 bits per heavy atom. The predicted molar refractivity (Wildman–Crippen MR) is 154 cm³/mol. The van der Waals surface area contributed by atoms with Gasteiger partial charge in [0.05, 0.1) is 19.2 Å². The number of nitrogens with zero attached hydrogens (tertiary/aromatic N) is 2. The van der Waals surface area contributed by atoms with Gasteiger partial charge in [-0.1, -0.05) is 12.1 Å². The Hall–Kier alpha value is -3.61. The lowest BCUT2D eigenvalue weighted by molar-refractivity contribution is -0.140. The number of ether oxygens (including phenoxy) is 1. The first-order valence-electron chi connectivity index (χ1n) is 13.2. The van der Waals surface area contributed by atoms with Crippen molar-refractivity contribution in [2.45, 2.75) is 55.6 Å². The number of aromatic nitrogens is 3. The number of nitrogens with two attached hydrogens (primary N) is 1.